The first-order valence-electron chi connectivity index (χ1n) is 7.73. The van der Waals surface area contributed by atoms with Crippen LogP contribution in [0.25, 0.3) is 0 Å². The summed E-state index contributed by atoms with van der Waals surface area (Å²) >= 11 is 1.69. The molecule has 3 nitrogen and oxygen atoms in total. The standard InChI is InChI=1S/C19H24N2OS/c1-22-14-13-20-19(23-2)21(15-17-9-5-3-6-10-17)16-18-11-7-4-8-12-18/h3-12H,13-16H2,1-2H3. The molecule has 0 radical (unpaired) electrons. The van der Waals surface area contributed by atoms with Gasteiger partial charge in [0.1, 0.15) is 0 Å². The van der Waals surface area contributed by atoms with Crippen LogP contribution in [0.15, 0.2) is 65.7 Å². The fourth-order valence-corrected chi connectivity index (χ4v) is 2.93. The second-order valence-corrected chi connectivity index (χ2v) is 5.96. The number of benzene rings is 2. The number of nitrogens with zero attached hydrogens (tertiary/aromatic N) is 2. The third-order valence-corrected chi connectivity index (χ3v) is 4.18. The number of methoxy groups -OCH3 is 1. The molecule has 0 amide bonds. The maximum Gasteiger partial charge on any atom is 0.159 e. The SMILES string of the molecule is COCCN=C(SC)N(Cc1ccccc1)Cc1ccccc1. The molecule has 2 rings (SSSR count). The van der Waals surface area contributed by atoms with Crippen LogP contribution < -0.4 is 0 Å². The first-order chi connectivity index (χ1) is 11.3. The quantitative estimate of drug-likeness (QED) is 0.435. The molecule has 122 valence electrons. The zero-order chi connectivity index (χ0) is 16.3. The van der Waals surface area contributed by atoms with Gasteiger partial charge in [0.05, 0.1) is 13.2 Å². The fourth-order valence-electron chi connectivity index (χ4n) is 2.32. The summed E-state index contributed by atoms with van der Waals surface area (Å²) in [4.78, 5) is 7.03. The highest BCUT2D eigenvalue weighted by molar-refractivity contribution is 8.13. The molecule has 0 atom stereocenters. The molecule has 0 unspecified atom stereocenters. The molecule has 0 aliphatic heterocycles. The topological polar surface area (TPSA) is 24.8 Å². The first-order valence-corrected chi connectivity index (χ1v) is 8.96. The first kappa shape index (κ1) is 17.6. The fraction of sp³-hybridized carbons (Fsp3) is 0.316. The summed E-state index contributed by atoms with van der Waals surface area (Å²) in [7, 11) is 1.71. The maximum atomic E-state index is 5.12. The van der Waals surface area contributed by atoms with E-state index in [0.29, 0.717) is 13.2 Å². The molecule has 23 heavy (non-hydrogen) atoms. The van der Waals surface area contributed by atoms with E-state index in [2.05, 4.69) is 59.7 Å². The molecule has 0 N–H and O–H groups in total. The van der Waals surface area contributed by atoms with Crippen molar-refractivity contribution in [2.24, 2.45) is 4.99 Å². The molecule has 0 bridgehead atoms. The van der Waals surface area contributed by atoms with Crippen LogP contribution in [0, 0.1) is 0 Å². The van der Waals surface area contributed by atoms with Gasteiger partial charge in [-0.15, -0.1) is 0 Å². The highest BCUT2D eigenvalue weighted by Gasteiger charge is 2.12. The van der Waals surface area contributed by atoms with E-state index in [1.54, 1.807) is 18.9 Å². The van der Waals surface area contributed by atoms with Crippen molar-refractivity contribution in [2.45, 2.75) is 13.1 Å². The minimum absolute atomic E-state index is 0.647. The Hall–Kier alpha value is -1.78. The molecule has 0 spiro atoms. The number of hydrogen-bond acceptors (Lipinski definition) is 3. The van der Waals surface area contributed by atoms with E-state index in [1.165, 1.54) is 11.1 Å². The van der Waals surface area contributed by atoms with Gasteiger partial charge in [-0.3, -0.25) is 4.99 Å². The average Bonchev–Trinajstić information content (AvgIpc) is 2.60. The average molecular weight is 328 g/mol. The van der Waals surface area contributed by atoms with Gasteiger partial charge >= 0.3 is 0 Å². The summed E-state index contributed by atoms with van der Waals surface area (Å²) in [5, 5.41) is 1.05. The second kappa shape index (κ2) is 10.1. The summed E-state index contributed by atoms with van der Waals surface area (Å²) in [5.74, 6) is 0. The lowest BCUT2D eigenvalue weighted by Gasteiger charge is -2.25. The summed E-state index contributed by atoms with van der Waals surface area (Å²) in [6, 6.07) is 21.0. The summed E-state index contributed by atoms with van der Waals surface area (Å²) in [5.41, 5.74) is 2.58. The molecular formula is C19H24N2OS. The van der Waals surface area contributed by atoms with Gasteiger partial charge in [-0.25, -0.2) is 0 Å². The molecule has 0 aliphatic carbocycles. The molecule has 0 aliphatic rings. The van der Waals surface area contributed by atoms with Gasteiger partial charge in [-0.1, -0.05) is 72.4 Å². The van der Waals surface area contributed by atoms with E-state index in [-0.39, 0.29) is 0 Å². The maximum absolute atomic E-state index is 5.12. The number of thioether (sulfide) groups is 1. The van der Waals surface area contributed by atoms with E-state index in [4.69, 9.17) is 9.73 Å². The number of ether oxygens (including phenoxy) is 1. The van der Waals surface area contributed by atoms with Crippen LogP contribution in [-0.4, -0.2) is 36.6 Å². The molecule has 0 aromatic heterocycles. The van der Waals surface area contributed by atoms with Gasteiger partial charge in [-0.05, 0) is 17.4 Å². The predicted molar refractivity (Wildman–Crippen MR) is 99.8 cm³/mol. The highest BCUT2D eigenvalue weighted by Crippen LogP contribution is 2.15. The molecule has 0 fully saturated rings. The lowest BCUT2D eigenvalue weighted by Crippen LogP contribution is -2.28. The summed E-state index contributed by atoms with van der Waals surface area (Å²) < 4.78 is 5.12. The van der Waals surface area contributed by atoms with Gasteiger partial charge in [-0.2, -0.15) is 0 Å². The van der Waals surface area contributed by atoms with Crippen LogP contribution in [0.4, 0.5) is 0 Å². The Bertz CT molecular complexity index is 545. The Morgan fingerprint density at radius 3 is 1.91 bits per heavy atom. The largest absolute Gasteiger partial charge is 0.383 e. The Balaban J connectivity index is 2.17. The zero-order valence-corrected chi connectivity index (χ0v) is 14.6. The minimum Gasteiger partial charge on any atom is -0.383 e. The number of hydrogen-bond donors (Lipinski definition) is 0. The Kier molecular flexibility index (Phi) is 7.70. The molecule has 4 heteroatoms. The van der Waals surface area contributed by atoms with Crippen LogP contribution in [0.1, 0.15) is 11.1 Å². The smallest absolute Gasteiger partial charge is 0.159 e. The Morgan fingerprint density at radius 1 is 0.957 bits per heavy atom. The van der Waals surface area contributed by atoms with Crippen LogP contribution in [0.2, 0.25) is 0 Å². The highest BCUT2D eigenvalue weighted by atomic mass is 32.2. The van der Waals surface area contributed by atoms with Crippen molar-refractivity contribution in [1.82, 2.24) is 4.90 Å². The number of aliphatic imine (C=N–C) groups is 1. The zero-order valence-electron chi connectivity index (χ0n) is 13.8. The minimum atomic E-state index is 0.647. The van der Waals surface area contributed by atoms with Gasteiger partial charge in [0.2, 0.25) is 0 Å². The van der Waals surface area contributed by atoms with Crippen LogP contribution in [-0.2, 0) is 17.8 Å². The van der Waals surface area contributed by atoms with Crippen molar-refractivity contribution in [3.8, 4) is 0 Å². The van der Waals surface area contributed by atoms with E-state index >= 15 is 0 Å². The Morgan fingerprint density at radius 2 is 1.48 bits per heavy atom. The van der Waals surface area contributed by atoms with E-state index < -0.39 is 0 Å². The van der Waals surface area contributed by atoms with Crippen LogP contribution in [0.5, 0.6) is 0 Å². The van der Waals surface area contributed by atoms with Crippen molar-refractivity contribution in [3.63, 3.8) is 0 Å². The van der Waals surface area contributed by atoms with E-state index in [9.17, 15) is 0 Å². The van der Waals surface area contributed by atoms with Crippen molar-refractivity contribution < 1.29 is 4.74 Å². The molecule has 0 saturated carbocycles. The van der Waals surface area contributed by atoms with Gasteiger partial charge in [0, 0.05) is 20.2 Å². The predicted octanol–water partition coefficient (Wildman–Crippen LogP) is 4.05. The third kappa shape index (κ3) is 6.08. The van der Waals surface area contributed by atoms with Crippen molar-refractivity contribution in [1.29, 1.82) is 0 Å². The normalized spacial score (nSPS) is 11.5. The summed E-state index contributed by atoms with van der Waals surface area (Å²) in [6.07, 6.45) is 2.08. The lowest BCUT2D eigenvalue weighted by atomic mass is 10.2. The van der Waals surface area contributed by atoms with Gasteiger partial charge < -0.3 is 9.64 Å². The third-order valence-electron chi connectivity index (χ3n) is 3.43. The van der Waals surface area contributed by atoms with Crippen molar-refractivity contribution in [3.05, 3.63) is 71.8 Å². The number of rotatable bonds is 7. The van der Waals surface area contributed by atoms with E-state index in [1.807, 2.05) is 12.1 Å². The van der Waals surface area contributed by atoms with Gasteiger partial charge in [0.25, 0.3) is 0 Å². The Labute approximate surface area is 143 Å². The lowest BCUT2D eigenvalue weighted by molar-refractivity contribution is 0.207. The monoisotopic (exact) mass is 328 g/mol. The van der Waals surface area contributed by atoms with Crippen molar-refractivity contribution in [2.75, 3.05) is 26.5 Å². The van der Waals surface area contributed by atoms with Gasteiger partial charge in [0.15, 0.2) is 5.17 Å². The number of amidine groups is 1. The van der Waals surface area contributed by atoms with Crippen LogP contribution in [0.3, 0.4) is 0 Å². The van der Waals surface area contributed by atoms with Crippen molar-refractivity contribution >= 4 is 16.9 Å². The van der Waals surface area contributed by atoms with Crippen LogP contribution >= 0.6 is 11.8 Å². The molecule has 2 aromatic rings. The molecular weight excluding hydrogens is 304 g/mol. The molecule has 0 heterocycles. The molecule has 0 saturated heterocycles. The van der Waals surface area contributed by atoms with E-state index in [0.717, 1.165) is 18.3 Å². The second-order valence-electron chi connectivity index (χ2n) is 5.19. The summed E-state index contributed by atoms with van der Waals surface area (Å²) in [6.45, 7) is 3.03. The molecule has 2 aromatic carbocycles.